The predicted octanol–water partition coefficient (Wildman–Crippen LogP) is 2.00. The van der Waals surface area contributed by atoms with Crippen molar-refractivity contribution in [3.63, 3.8) is 0 Å². The van der Waals surface area contributed by atoms with Gasteiger partial charge >= 0.3 is 6.09 Å². The average Bonchev–Trinajstić information content (AvgIpc) is 3.48. The molecule has 0 bridgehead atoms. The van der Waals surface area contributed by atoms with Crippen LogP contribution in [0.5, 0.6) is 5.88 Å². The normalized spacial score (nSPS) is 16.2. The largest absolute Gasteiger partial charge is 0.474 e. The molecule has 1 aromatic heterocycles. The lowest BCUT2D eigenvalue weighted by molar-refractivity contribution is -0.134. The van der Waals surface area contributed by atoms with E-state index in [1.54, 1.807) is 11.8 Å². The average molecular weight is 553 g/mol. The maximum Gasteiger partial charge on any atom is 0.409 e. The minimum Gasteiger partial charge on any atom is -0.474 e. The van der Waals surface area contributed by atoms with Crippen LogP contribution in [0.2, 0.25) is 0 Å². The number of hydrogen-bond donors (Lipinski definition) is 2. The van der Waals surface area contributed by atoms with E-state index in [0.29, 0.717) is 24.8 Å². The predicted molar refractivity (Wildman–Crippen MR) is 145 cm³/mol. The van der Waals surface area contributed by atoms with Crippen LogP contribution in [0.15, 0.2) is 36.4 Å². The molecule has 1 saturated carbocycles. The van der Waals surface area contributed by atoms with Crippen molar-refractivity contribution in [2.45, 2.75) is 51.7 Å². The number of rotatable bonds is 9. The van der Waals surface area contributed by atoms with Gasteiger partial charge in [0.1, 0.15) is 17.8 Å². The van der Waals surface area contributed by atoms with Gasteiger partial charge < -0.3 is 29.9 Å². The lowest BCUT2D eigenvalue weighted by Gasteiger charge is -2.36. The van der Waals surface area contributed by atoms with Crippen LogP contribution < -0.4 is 15.4 Å². The van der Waals surface area contributed by atoms with Gasteiger partial charge in [-0.15, -0.1) is 0 Å². The molecule has 4 rings (SSSR count). The molecule has 12 nitrogen and oxygen atoms in total. The number of nitrogens with zero attached hydrogens (tertiary/aromatic N) is 4. The molecule has 2 fully saturated rings. The van der Waals surface area contributed by atoms with Crippen LogP contribution in [-0.4, -0.2) is 95.1 Å². The lowest BCUT2D eigenvalue weighted by Crippen LogP contribution is -2.58. The second kappa shape index (κ2) is 13.7. The van der Waals surface area contributed by atoms with Crippen LogP contribution in [0.4, 0.5) is 4.79 Å². The first-order chi connectivity index (χ1) is 19.3. The van der Waals surface area contributed by atoms with Crippen molar-refractivity contribution >= 4 is 23.8 Å². The fourth-order valence-corrected chi connectivity index (χ4v) is 4.72. The summed E-state index contributed by atoms with van der Waals surface area (Å²) in [6.07, 6.45) is 3.60. The van der Waals surface area contributed by atoms with E-state index in [1.807, 2.05) is 30.3 Å². The molecule has 4 amide bonds. The van der Waals surface area contributed by atoms with Crippen LogP contribution in [0, 0.1) is 0 Å². The minimum absolute atomic E-state index is 0.0248. The number of nitrogens with one attached hydrogen (secondary N) is 2. The highest BCUT2D eigenvalue weighted by Crippen LogP contribution is 2.25. The van der Waals surface area contributed by atoms with Crippen molar-refractivity contribution < 1.29 is 28.7 Å². The molecule has 0 unspecified atom stereocenters. The van der Waals surface area contributed by atoms with Gasteiger partial charge in [0.25, 0.3) is 5.91 Å². The highest BCUT2D eigenvalue weighted by Gasteiger charge is 2.31. The first kappa shape index (κ1) is 28.8. The molecule has 2 aliphatic rings. The summed E-state index contributed by atoms with van der Waals surface area (Å²) >= 11 is 0. The molecule has 1 atom stereocenters. The van der Waals surface area contributed by atoms with Crippen molar-refractivity contribution in [1.29, 1.82) is 0 Å². The Balaban J connectivity index is 1.52. The second-order valence-electron chi connectivity index (χ2n) is 9.78. The third-order valence-electron chi connectivity index (χ3n) is 6.83. The molecule has 2 aromatic rings. The Labute approximate surface area is 233 Å². The Morgan fingerprint density at radius 2 is 1.68 bits per heavy atom. The number of hydrogen-bond acceptors (Lipinski definition) is 8. The van der Waals surface area contributed by atoms with Gasteiger partial charge in [-0.05, 0) is 32.6 Å². The summed E-state index contributed by atoms with van der Waals surface area (Å²) in [5.74, 6) is -0.665. The molecule has 0 spiro atoms. The first-order valence-electron chi connectivity index (χ1n) is 13.7. The SMILES string of the molecule is CCOC(=O)N1CCN(C(=O)[C@H](CNC(C)=O)NC(=O)c2cc(OC3CCCC3)nc(-c3ccccc3)n2)CC1. The van der Waals surface area contributed by atoms with E-state index in [4.69, 9.17) is 9.47 Å². The van der Waals surface area contributed by atoms with E-state index < -0.39 is 18.0 Å². The molecule has 2 N–H and O–H groups in total. The number of amides is 4. The standard InChI is InChI=1S/C28H36N6O6/c1-3-39-28(38)34-15-13-33(14-16-34)27(37)23(18-29-19(2)35)31-26(36)22-17-24(40-21-11-7-8-12-21)32-25(30-22)20-9-5-4-6-10-20/h4-6,9-10,17,21,23H,3,7-8,11-16,18H2,1-2H3,(H,29,35)(H,31,36)/t23-/m0/s1. The Kier molecular flexibility index (Phi) is 9.87. The van der Waals surface area contributed by atoms with Gasteiger partial charge in [0.15, 0.2) is 5.82 Å². The molecule has 1 aromatic carbocycles. The van der Waals surface area contributed by atoms with E-state index in [0.717, 1.165) is 31.2 Å². The molecule has 40 heavy (non-hydrogen) atoms. The van der Waals surface area contributed by atoms with Gasteiger partial charge in [-0.1, -0.05) is 30.3 Å². The smallest absolute Gasteiger partial charge is 0.409 e. The summed E-state index contributed by atoms with van der Waals surface area (Å²) < 4.78 is 11.1. The van der Waals surface area contributed by atoms with Gasteiger partial charge in [0, 0.05) is 51.3 Å². The summed E-state index contributed by atoms with van der Waals surface area (Å²) in [7, 11) is 0. The lowest BCUT2D eigenvalue weighted by atomic mass is 10.2. The number of benzene rings is 1. The zero-order valence-electron chi connectivity index (χ0n) is 22.9. The monoisotopic (exact) mass is 552 g/mol. The van der Waals surface area contributed by atoms with Gasteiger partial charge in [-0.3, -0.25) is 14.4 Å². The van der Waals surface area contributed by atoms with E-state index in [2.05, 4.69) is 20.6 Å². The van der Waals surface area contributed by atoms with E-state index in [9.17, 15) is 19.2 Å². The van der Waals surface area contributed by atoms with Crippen molar-refractivity contribution in [2.75, 3.05) is 39.3 Å². The van der Waals surface area contributed by atoms with Crippen LogP contribution in [0.25, 0.3) is 11.4 Å². The third-order valence-corrected chi connectivity index (χ3v) is 6.83. The van der Waals surface area contributed by atoms with Crippen molar-refractivity contribution in [2.24, 2.45) is 0 Å². The number of aromatic nitrogens is 2. The van der Waals surface area contributed by atoms with Crippen molar-refractivity contribution in [3.8, 4) is 17.3 Å². The quantitative estimate of drug-likeness (QED) is 0.481. The maximum atomic E-state index is 13.5. The fraction of sp³-hybridized carbons (Fsp3) is 0.500. The Hall–Kier alpha value is -4.22. The number of carbonyl (C=O) groups excluding carboxylic acids is 4. The van der Waals surface area contributed by atoms with Crippen LogP contribution in [-0.2, 0) is 14.3 Å². The van der Waals surface area contributed by atoms with Crippen LogP contribution in [0.1, 0.15) is 50.0 Å². The van der Waals surface area contributed by atoms with Gasteiger partial charge in [-0.25, -0.2) is 9.78 Å². The minimum atomic E-state index is -1.04. The van der Waals surface area contributed by atoms with Gasteiger partial charge in [0.2, 0.25) is 17.7 Å². The van der Waals surface area contributed by atoms with Crippen molar-refractivity contribution in [3.05, 3.63) is 42.1 Å². The summed E-state index contributed by atoms with van der Waals surface area (Å²) in [4.78, 5) is 62.7. The highest BCUT2D eigenvalue weighted by atomic mass is 16.6. The number of carbonyl (C=O) groups is 4. The zero-order chi connectivity index (χ0) is 28.5. The molecule has 0 radical (unpaired) electrons. The fourth-order valence-electron chi connectivity index (χ4n) is 4.72. The van der Waals surface area contributed by atoms with Gasteiger partial charge in [0.05, 0.1) is 6.61 Å². The Bertz CT molecular complexity index is 1200. The van der Waals surface area contributed by atoms with Crippen LogP contribution >= 0.6 is 0 Å². The zero-order valence-corrected chi connectivity index (χ0v) is 22.9. The molecule has 1 saturated heterocycles. The summed E-state index contributed by atoms with van der Waals surface area (Å²) in [6.45, 7) is 4.40. The molecule has 1 aliphatic heterocycles. The summed E-state index contributed by atoms with van der Waals surface area (Å²) in [5, 5.41) is 5.36. The Morgan fingerprint density at radius 1 is 1.00 bits per heavy atom. The molecule has 214 valence electrons. The van der Waals surface area contributed by atoms with Crippen LogP contribution in [0.3, 0.4) is 0 Å². The molecule has 12 heteroatoms. The molecule has 1 aliphatic carbocycles. The molecular formula is C28H36N6O6. The van der Waals surface area contributed by atoms with E-state index >= 15 is 0 Å². The number of piperazine rings is 1. The molecule has 2 heterocycles. The van der Waals surface area contributed by atoms with Gasteiger partial charge in [-0.2, -0.15) is 4.98 Å². The third kappa shape index (κ3) is 7.67. The molecular weight excluding hydrogens is 516 g/mol. The maximum absolute atomic E-state index is 13.5. The van der Waals surface area contributed by atoms with E-state index in [1.165, 1.54) is 17.9 Å². The second-order valence-corrected chi connectivity index (χ2v) is 9.78. The van der Waals surface area contributed by atoms with Crippen molar-refractivity contribution in [1.82, 2.24) is 30.4 Å². The number of ether oxygens (including phenoxy) is 2. The Morgan fingerprint density at radius 3 is 2.33 bits per heavy atom. The topological polar surface area (TPSA) is 143 Å². The van der Waals surface area contributed by atoms with E-state index in [-0.39, 0.29) is 49.9 Å². The summed E-state index contributed by atoms with van der Waals surface area (Å²) in [6, 6.07) is 9.71. The summed E-state index contributed by atoms with van der Waals surface area (Å²) in [5.41, 5.74) is 0.772. The first-order valence-corrected chi connectivity index (χ1v) is 13.7. The highest BCUT2D eigenvalue weighted by molar-refractivity contribution is 5.97.